The first-order valence-corrected chi connectivity index (χ1v) is 11.4. The summed E-state index contributed by atoms with van der Waals surface area (Å²) in [4.78, 5) is 24.2. The number of carbonyl (C=O) groups is 2. The highest BCUT2D eigenvalue weighted by Gasteiger charge is 2.65. The standard InChI is InChI=1S/C25H34N2O3/c1-4-7-16(8-5-2)14-26-19-11-10-18-20(27-15-28)13-17-9-12-21(29)23-22(17)25(18,6-3)24(19)30-23/h4-5,7-8,15,17-20,24,26H,1,6,9-14H2,2-3H3,(H,27,28). The van der Waals surface area contributed by atoms with Gasteiger partial charge in [-0.05, 0) is 62.0 Å². The molecule has 5 heteroatoms. The van der Waals surface area contributed by atoms with Gasteiger partial charge in [-0.15, -0.1) is 0 Å². The number of carbonyl (C=O) groups excluding carboxylic acids is 2. The van der Waals surface area contributed by atoms with Gasteiger partial charge in [0.1, 0.15) is 6.10 Å². The summed E-state index contributed by atoms with van der Waals surface area (Å²) in [5.41, 5.74) is 2.30. The minimum Gasteiger partial charge on any atom is -0.484 e. The van der Waals surface area contributed by atoms with Crippen LogP contribution in [0.1, 0.15) is 52.4 Å². The highest BCUT2D eigenvalue weighted by Crippen LogP contribution is 2.64. The number of Topliss-reactive ketones (excluding diaryl/α,β-unsaturated/α-hetero) is 1. The molecule has 0 aromatic heterocycles. The minimum absolute atomic E-state index is 0.0531. The first-order valence-electron chi connectivity index (χ1n) is 11.4. The molecule has 5 nitrogen and oxygen atoms in total. The van der Waals surface area contributed by atoms with Crippen molar-refractivity contribution in [2.75, 3.05) is 6.54 Å². The summed E-state index contributed by atoms with van der Waals surface area (Å²) < 4.78 is 6.54. The molecule has 2 fully saturated rings. The summed E-state index contributed by atoms with van der Waals surface area (Å²) in [6.07, 6.45) is 14.1. The van der Waals surface area contributed by atoms with Gasteiger partial charge in [-0.1, -0.05) is 37.8 Å². The molecule has 0 bridgehead atoms. The lowest BCUT2D eigenvalue weighted by molar-refractivity contribution is -0.121. The second-order valence-corrected chi connectivity index (χ2v) is 9.11. The molecule has 2 saturated carbocycles. The van der Waals surface area contributed by atoms with Crippen molar-refractivity contribution in [2.45, 2.75) is 70.6 Å². The molecule has 162 valence electrons. The van der Waals surface area contributed by atoms with Crippen molar-refractivity contribution < 1.29 is 14.3 Å². The van der Waals surface area contributed by atoms with Crippen LogP contribution in [0.25, 0.3) is 0 Å². The molecule has 1 aliphatic heterocycles. The van der Waals surface area contributed by atoms with Gasteiger partial charge in [-0.3, -0.25) is 9.59 Å². The van der Waals surface area contributed by atoms with Crippen molar-refractivity contribution in [3.63, 3.8) is 0 Å². The quantitative estimate of drug-likeness (QED) is 0.474. The van der Waals surface area contributed by atoms with Crippen LogP contribution in [0.5, 0.6) is 0 Å². The fourth-order valence-corrected chi connectivity index (χ4v) is 6.81. The maximum atomic E-state index is 12.8. The van der Waals surface area contributed by atoms with E-state index in [-0.39, 0.29) is 29.4 Å². The van der Waals surface area contributed by atoms with Crippen molar-refractivity contribution >= 4 is 12.2 Å². The van der Waals surface area contributed by atoms with E-state index in [1.165, 1.54) is 11.1 Å². The number of nitrogens with one attached hydrogen (secondary N) is 2. The number of ether oxygens (including phenoxy) is 1. The molecule has 0 aromatic rings. The lowest BCUT2D eigenvalue weighted by atomic mass is 9.49. The zero-order valence-electron chi connectivity index (χ0n) is 18.2. The van der Waals surface area contributed by atoms with E-state index in [4.69, 9.17) is 4.74 Å². The van der Waals surface area contributed by atoms with Crippen molar-refractivity contribution in [2.24, 2.45) is 17.3 Å². The Morgan fingerprint density at radius 3 is 2.83 bits per heavy atom. The van der Waals surface area contributed by atoms with Crippen LogP contribution < -0.4 is 10.6 Å². The molecular formula is C25H34N2O3. The van der Waals surface area contributed by atoms with Gasteiger partial charge in [0.2, 0.25) is 6.41 Å². The zero-order chi connectivity index (χ0) is 21.3. The molecular weight excluding hydrogens is 376 g/mol. The second-order valence-electron chi connectivity index (χ2n) is 9.11. The van der Waals surface area contributed by atoms with Gasteiger partial charge in [0.25, 0.3) is 0 Å². The predicted octanol–water partition coefficient (Wildman–Crippen LogP) is 3.59. The summed E-state index contributed by atoms with van der Waals surface area (Å²) in [6, 6.07) is 0.337. The number of hydrogen-bond donors (Lipinski definition) is 2. The first-order chi connectivity index (χ1) is 14.6. The minimum atomic E-state index is -0.159. The second kappa shape index (κ2) is 8.54. The Balaban J connectivity index is 1.67. The molecule has 1 heterocycles. The van der Waals surface area contributed by atoms with E-state index in [1.807, 2.05) is 25.2 Å². The molecule has 0 spiro atoms. The van der Waals surface area contributed by atoms with Crippen molar-refractivity contribution in [3.05, 3.63) is 47.8 Å². The molecule has 6 unspecified atom stereocenters. The van der Waals surface area contributed by atoms with Gasteiger partial charge in [0.05, 0.1) is 0 Å². The summed E-state index contributed by atoms with van der Waals surface area (Å²) in [6.45, 7) is 8.80. The third kappa shape index (κ3) is 3.18. The van der Waals surface area contributed by atoms with Crippen LogP contribution >= 0.6 is 0 Å². The average molecular weight is 411 g/mol. The first kappa shape index (κ1) is 21.1. The van der Waals surface area contributed by atoms with Gasteiger partial charge >= 0.3 is 0 Å². The van der Waals surface area contributed by atoms with Crippen LogP contribution in [-0.2, 0) is 14.3 Å². The predicted molar refractivity (Wildman–Crippen MR) is 118 cm³/mol. The molecule has 3 aliphatic carbocycles. The molecule has 30 heavy (non-hydrogen) atoms. The Labute approximate surface area is 179 Å². The number of allylic oxidation sites excluding steroid dienone is 4. The van der Waals surface area contributed by atoms with E-state index in [0.29, 0.717) is 24.0 Å². The van der Waals surface area contributed by atoms with Crippen molar-refractivity contribution in [1.29, 1.82) is 0 Å². The zero-order valence-corrected chi connectivity index (χ0v) is 18.2. The van der Waals surface area contributed by atoms with Crippen LogP contribution in [0.2, 0.25) is 0 Å². The fraction of sp³-hybridized carbons (Fsp3) is 0.600. The SMILES string of the molecule is C=CC=C(C=CC)CNC1CCC2C(NC=O)CC3CCC(=O)C4=C3C2(CC)C1O4. The van der Waals surface area contributed by atoms with E-state index in [9.17, 15) is 9.59 Å². The van der Waals surface area contributed by atoms with Gasteiger partial charge in [0, 0.05) is 30.5 Å². The number of hydrogen-bond acceptors (Lipinski definition) is 4. The largest absolute Gasteiger partial charge is 0.484 e. The van der Waals surface area contributed by atoms with Crippen LogP contribution in [0.15, 0.2) is 47.8 Å². The van der Waals surface area contributed by atoms with Crippen LogP contribution in [0.4, 0.5) is 0 Å². The maximum Gasteiger partial charge on any atom is 0.207 e. The Hall–Kier alpha value is -2.14. The molecule has 0 radical (unpaired) electrons. The maximum absolute atomic E-state index is 12.8. The normalized spacial score (nSPS) is 37.7. The van der Waals surface area contributed by atoms with Gasteiger partial charge in [-0.2, -0.15) is 0 Å². The van der Waals surface area contributed by atoms with Gasteiger partial charge in [0.15, 0.2) is 11.5 Å². The number of amides is 1. The van der Waals surface area contributed by atoms with E-state index in [0.717, 1.165) is 45.1 Å². The summed E-state index contributed by atoms with van der Waals surface area (Å²) in [5, 5.41) is 6.86. The molecule has 1 amide bonds. The fourth-order valence-electron chi connectivity index (χ4n) is 6.81. The summed E-state index contributed by atoms with van der Waals surface area (Å²) in [7, 11) is 0. The van der Waals surface area contributed by atoms with Crippen molar-refractivity contribution in [3.8, 4) is 0 Å². The van der Waals surface area contributed by atoms with Crippen LogP contribution in [-0.4, -0.2) is 36.9 Å². The van der Waals surface area contributed by atoms with Crippen LogP contribution in [0, 0.1) is 17.3 Å². The molecule has 4 rings (SSSR count). The van der Waals surface area contributed by atoms with Crippen LogP contribution in [0.3, 0.4) is 0 Å². The highest BCUT2D eigenvalue weighted by molar-refractivity contribution is 5.96. The monoisotopic (exact) mass is 410 g/mol. The lowest BCUT2D eigenvalue weighted by Gasteiger charge is -2.56. The molecule has 2 N–H and O–H groups in total. The Morgan fingerprint density at radius 1 is 1.30 bits per heavy atom. The Kier molecular flexibility index (Phi) is 6.01. The van der Waals surface area contributed by atoms with E-state index in [1.54, 1.807) is 0 Å². The van der Waals surface area contributed by atoms with E-state index in [2.05, 4.69) is 30.2 Å². The van der Waals surface area contributed by atoms with Crippen molar-refractivity contribution in [1.82, 2.24) is 10.6 Å². The molecule has 4 aliphatic rings. The number of rotatable bonds is 8. The molecule has 0 saturated heterocycles. The average Bonchev–Trinajstić information content (AvgIpc) is 3.11. The smallest absolute Gasteiger partial charge is 0.207 e. The lowest BCUT2D eigenvalue weighted by Crippen LogP contribution is -2.62. The molecule has 0 aromatic carbocycles. The Morgan fingerprint density at radius 2 is 2.13 bits per heavy atom. The van der Waals surface area contributed by atoms with Gasteiger partial charge in [-0.25, -0.2) is 0 Å². The summed E-state index contributed by atoms with van der Waals surface area (Å²) in [5.74, 6) is 1.50. The third-order valence-corrected chi connectivity index (χ3v) is 7.87. The molecule has 6 atom stereocenters. The highest BCUT2D eigenvalue weighted by atomic mass is 16.5. The van der Waals surface area contributed by atoms with Gasteiger partial charge < -0.3 is 15.4 Å². The third-order valence-electron chi connectivity index (χ3n) is 7.87. The van der Waals surface area contributed by atoms with E-state index < -0.39 is 0 Å². The van der Waals surface area contributed by atoms with E-state index >= 15 is 0 Å². The number of ketones is 1. The Bertz CT molecular complexity index is 811. The topological polar surface area (TPSA) is 67.4 Å². The summed E-state index contributed by atoms with van der Waals surface area (Å²) >= 11 is 0.